The van der Waals surface area contributed by atoms with Crippen molar-refractivity contribution in [2.45, 2.75) is 19.9 Å². The summed E-state index contributed by atoms with van der Waals surface area (Å²) in [5.41, 5.74) is 1.10. The van der Waals surface area contributed by atoms with Gasteiger partial charge in [0.1, 0.15) is 6.54 Å². The average molecular weight is 374 g/mol. The summed E-state index contributed by atoms with van der Waals surface area (Å²) >= 11 is 6.02. The summed E-state index contributed by atoms with van der Waals surface area (Å²) < 4.78 is 0. The SMILES string of the molecule is CCNc1ncc(C(=O)N2CC(=O)N(c3cccc(Cl)c3)CC2C)cn1. The second kappa shape index (κ2) is 7.70. The molecule has 1 aromatic carbocycles. The Kier molecular flexibility index (Phi) is 5.37. The number of hydrogen-bond donors (Lipinski definition) is 1. The Morgan fingerprint density at radius 2 is 2.08 bits per heavy atom. The molecule has 1 atom stereocenters. The van der Waals surface area contributed by atoms with Gasteiger partial charge in [0.2, 0.25) is 11.9 Å². The molecule has 1 N–H and O–H groups in total. The summed E-state index contributed by atoms with van der Waals surface area (Å²) in [6.45, 7) is 4.96. The van der Waals surface area contributed by atoms with Crippen molar-refractivity contribution in [1.82, 2.24) is 14.9 Å². The van der Waals surface area contributed by atoms with Crippen LogP contribution in [0.25, 0.3) is 0 Å². The van der Waals surface area contributed by atoms with E-state index in [2.05, 4.69) is 15.3 Å². The molecular weight excluding hydrogens is 354 g/mol. The molecule has 7 nitrogen and oxygen atoms in total. The highest BCUT2D eigenvalue weighted by Crippen LogP contribution is 2.24. The number of carbonyl (C=O) groups is 2. The third-order valence-electron chi connectivity index (χ3n) is 4.20. The van der Waals surface area contributed by atoms with E-state index < -0.39 is 0 Å². The molecule has 0 aliphatic carbocycles. The molecule has 0 radical (unpaired) electrons. The summed E-state index contributed by atoms with van der Waals surface area (Å²) in [7, 11) is 0. The number of nitrogens with one attached hydrogen (secondary N) is 1. The molecule has 1 aliphatic rings. The van der Waals surface area contributed by atoms with Gasteiger partial charge in [0.15, 0.2) is 0 Å². The fourth-order valence-electron chi connectivity index (χ4n) is 2.87. The largest absolute Gasteiger partial charge is 0.355 e. The van der Waals surface area contributed by atoms with Crippen LogP contribution >= 0.6 is 11.6 Å². The Bertz CT molecular complexity index is 811. The number of piperazine rings is 1. The topological polar surface area (TPSA) is 78.4 Å². The number of nitrogens with zero attached hydrogens (tertiary/aromatic N) is 4. The van der Waals surface area contributed by atoms with Gasteiger partial charge in [0.05, 0.1) is 5.56 Å². The molecule has 1 unspecified atom stereocenters. The fourth-order valence-corrected chi connectivity index (χ4v) is 3.06. The molecule has 2 aromatic rings. The lowest BCUT2D eigenvalue weighted by Crippen LogP contribution is -2.57. The van der Waals surface area contributed by atoms with Crippen LogP contribution in [0.1, 0.15) is 24.2 Å². The molecule has 2 heterocycles. The Labute approximate surface area is 157 Å². The van der Waals surface area contributed by atoms with Gasteiger partial charge in [-0.05, 0) is 32.0 Å². The van der Waals surface area contributed by atoms with Crippen molar-refractivity contribution in [2.75, 3.05) is 29.9 Å². The van der Waals surface area contributed by atoms with Crippen LogP contribution in [0, 0.1) is 0 Å². The fraction of sp³-hybridized carbons (Fsp3) is 0.333. The summed E-state index contributed by atoms with van der Waals surface area (Å²) in [5.74, 6) is 0.0718. The van der Waals surface area contributed by atoms with E-state index in [1.807, 2.05) is 19.9 Å². The number of benzene rings is 1. The standard InChI is InChI=1S/C18H20ClN5O2/c1-3-20-18-21-8-13(9-22-18)17(26)23-11-16(25)24(10-12(23)2)15-6-4-5-14(19)7-15/h4-9,12H,3,10-11H2,1-2H3,(H,20,21,22). The minimum absolute atomic E-state index is 0.00146. The van der Waals surface area contributed by atoms with Gasteiger partial charge in [0.25, 0.3) is 5.91 Å². The zero-order chi connectivity index (χ0) is 18.7. The number of rotatable bonds is 4. The number of aromatic nitrogens is 2. The second-order valence-electron chi connectivity index (χ2n) is 6.09. The summed E-state index contributed by atoms with van der Waals surface area (Å²) in [4.78, 5) is 36.8. The lowest BCUT2D eigenvalue weighted by atomic mass is 10.1. The molecular formula is C18H20ClN5O2. The molecule has 1 aliphatic heterocycles. The van der Waals surface area contributed by atoms with Crippen LogP contribution in [0.2, 0.25) is 5.02 Å². The van der Waals surface area contributed by atoms with Crippen molar-refractivity contribution in [3.8, 4) is 0 Å². The molecule has 8 heteroatoms. The monoisotopic (exact) mass is 373 g/mol. The first-order valence-electron chi connectivity index (χ1n) is 8.42. The van der Waals surface area contributed by atoms with Crippen molar-refractivity contribution >= 4 is 35.1 Å². The smallest absolute Gasteiger partial charge is 0.257 e. The van der Waals surface area contributed by atoms with Crippen LogP contribution in [0.5, 0.6) is 0 Å². The van der Waals surface area contributed by atoms with E-state index in [-0.39, 0.29) is 24.4 Å². The molecule has 0 bridgehead atoms. The van der Waals surface area contributed by atoms with E-state index in [4.69, 9.17) is 11.6 Å². The third kappa shape index (κ3) is 3.77. The third-order valence-corrected chi connectivity index (χ3v) is 4.44. The lowest BCUT2D eigenvalue weighted by molar-refractivity contribution is -0.121. The van der Waals surface area contributed by atoms with E-state index in [1.54, 1.807) is 28.0 Å². The van der Waals surface area contributed by atoms with E-state index in [1.165, 1.54) is 12.4 Å². The van der Waals surface area contributed by atoms with E-state index in [0.717, 1.165) is 5.69 Å². The highest BCUT2D eigenvalue weighted by Gasteiger charge is 2.34. The molecule has 2 amide bonds. The van der Waals surface area contributed by atoms with Gasteiger partial charge < -0.3 is 15.1 Å². The van der Waals surface area contributed by atoms with E-state index >= 15 is 0 Å². The second-order valence-corrected chi connectivity index (χ2v) is 6.53. The van der Waals surface area contributed by atoms with Gasteiger partial charge in [-0.15, -0.1) is 0 Å². The summed E-state index contributed by atoms with van der Waals surface area (Å²) in [6, 6.07) is 7.00. The molecule has 1 saturated heterocycles. The molecule has 26 heavy (non-hydrogen) atoms. The number of halogens is 1. The normalized spacial score (nSPS) is 17.3. The maximum atomic E-state index is 12.8. The van der Waals surface area contributed by atoms with Gasteiger partial charge >= 0.3 is 0 Å². The Hall–Kier alpha value is -2.67. The highest BCUT2D eigenvalue weighted by molar-refractivity contribution is 6.30. The first-order chi connectivity index (χ1) is 12.5. The molecule has 136 valence electrons. The zero-order valence-electron chi connectivity index (χ0n) is 14.6. The van der Waals surface area contributed by atoms with Gasteiger partial charge in [0, 0.05) is 42.2 Å². The molecule has 1 aromatic heterocycles. The van der Waals surface area contributed by atoms with Crippen molar-refractivity contribution < 1.29 is 9.59 Å². The summed E-state index contributed by atoms with van der Waals surface area (Å²) in [5, 5.41) is 3.55. The van der Waals surface area contributed by atoms with Crippen LogP contribution < -0.4 is 10.2 Å². The molecule has 0 spiro atoms. The minimum atomic E-state index is -0.250. The van der Waals surface area contributed by atoms with Gasteiger partial charge in [-0.1, -0.05) is 17.7 Å². The highest BCUT2D eigenvalue weighted by atomic mass is 35.5. The van der Waals surface area contributed by atoms with Crippen molar-refractivity contribution in [1.29, 1.82) is 0 Å². The summed E-state index contributed by atoms with van der Waals surface area (Å²) in [6.07, 6.45) is 2.96. The van der Waals surface area contributed by atoms with Crippen molar-refractivity contribution in [3.63, 3.8) is 0 Å². The quantitative estimate of drug-likeness (QED) is 0.890. The number of amides is 2. The minimum Gasteiger partial charge on any atom is -0.355 e. The Morgan fingerprint density at radius 3 is 2.73 bits per heavy atom. The van der Waals surface area contributed by atoms with Crippen LogP contribution in [0.4, 0.5) is 11.6 Å². The number of anilines is 2. The van der Waals surface area contributed by atoms with Crippen LogP contribution in [-0.2, 0) is 4.79 Å². The van der Waals surface area contributed by atoms with E-state index in [9.17, 15) is 9.59 Å². The molecule has 3 rings (SSSR count). The van der Waals surface area contributed by atoms with Crippen molar-refractivity contribution in [2.24, 2.45) is 0 Å². The molecule has 1 fully saturated rings. The van der Waals surface area contributed by atoms with Gasteiger partial charge in [-0.2, -0.15) is 0 Å². The maximum Gasteiger partial charge on any atom is 0.257 e. The van der Waals surface area contributed by atoms with Crippen molar-refractivity contribution in [3.05, 3.63) is 47.2 Å². The lowest BCUT2D eigenvalue weighted by Gasteiger charge is -2.39. The zero-order valence-corrected chi connectivity index (χ0v) is 15.4. The Morgan fingerprint density at radius 1 is 1.35 bits per heavy atom. The number of hydrogen-bond acceptors (Lipinski definition) is 5. The van der Waals surface area contributed by atoms with Gasteiger partial charge in [-0.25, -0.2) is 9.97 Å². The van der Waals surface area contributed by atoms with Crippen LogP contribution in [-0.4, -0.2) is 52.4 Å². The van der Waals surface area contributed by atoms with E-state index in [0.29, 0.717) is 29.6 Å². The molecule has 0 saturated carbocycles. The average Bonchev–Trinajstić information content (AvgIpc) is 2.63. The number of carbonyl (C=O) groups excluding carboxylic acids is 2. The predicted molar refractivity (Wildman–Crippen MR) is 100 cm³/mol. The maximum absolute atomic E-state index is 12.8. The first-order valence-corrected chi connectivity index (χ1v) is 8.80. The van der Waals surface area contributed by atoms with Gasteiger partial charge in [-0.3, -0.25) is 9.59 Å². The Balaban J connectivity index is 1.74. The van der Waals surface area contributed by atoms with Crippen LogP contribution in [0.15, 0.2) is 36.7 Å². The first kappa shape index (κ1) is 18.1. The van der Waals surface area contributed by atoms with Crippen LogP contribution in [0.3, 0.4) is 0 Å². The predicted octanol–water partition coefficient (Wildman–Crippen LogP) is 2.44.